The van der Waals surface area contributed by atoms with Crippen molar-refractivity contribution in [1.82, 2.24) is 10.1 Å². The maximum absolute atomic E-state index is 13.3. The zero-order valence-corrected chi connectivity index (χ0v) is 7.36. The molecule has 14 heavy (non-hydrogen) atoms. The van der Waals surface area contributed by atoms with Crippen LogP contribution in [0.5, 0.6) is 5.75 Å². The Morgan fingerprint density at radius 1 is 1.43 bits per heavy atom. The molecule has 0 spiro atoms. The van der Waals surface area contributed by atoms with Crippen LogP contribution in [-0.4, -0.2) is 15.2 Å². The standard InChI is InChI=1S/C9H7FN2O2/c1-5-11-9(14-12-5)7-3-2-6(13)4-8(7)10/h2-4,13H,1H3. The summed E-state index contributed by atoms with van der Waals surface area (Å²) in [5.41, 5.74) is 0.184. The van der Waals surface area contributed by atoms with E-state index in [1.54, 1.807) is 6.92 Å². The molecule has 1 heterocycles. The second-order valence-corrected chi connectivity index (χ2v) is 2.81. The Morgan fingerprint density at radius 2 is 2.21 bits per heavy atom. The third kappa shape index (κ3) is 1.44. The monoisotopic (exact) mass is 194 g/mol. The average molecular weight is 194 g/mol. The smallest absolute Gasteiger partial charge is 0.260 e. The normalized spacial score (nSPS) is 10.4. The number of aromatic nitrogens is 2. The minimum Gasteiger partial charge on any atom is -0.508 e. The van der Waals surface area contributed by atoms with Gasteiger partial charge in [0.1, 0.15) is 11.6 Å². The van der Waals surface area contributed by atoms with Crippen LogP contribution in [0.4, 0.5) is 4.39 Å². The summed E-state index contributed by atoms with van der Waals surface area (Å²) < 4.78 is 18.0. The van der Waals surface area contributed by atoms with Crippen molar-refractivity contribution in [1.29, 1.82) is 0 Å². The lowest BCUT2D eigenvalue weighted by Crippen LogP contribution is -1.84. The van der Waals surface area contributed by atoms with Crippen molar-refractivity contribution >= 4 is 0 Å². The number of phenols is 1. The number of hydrogen-bond donors (Lipinski definition) is 1. The molecular weight excluding hydrogens is 187 g/mol. The van der Waals surface area contributed by atoms with E-state index in [0.29, 0.717) is 5.82 Å². The number of phenolic OH excluding ortho intramolecular Hbond substituents is 1. The Hall–Kier alpha value is -1.91. The Bertz CT molecular complexity index is 468. The van der Waals surface area contributed by atoms with E-state index in [-0.39, 0.29) is 17.2 Å². The second kappa shape index (κ2) is 3.10. The largest absolute Gasteiger partial charge is 0.508 e. The molecule has 2 aromatic rings. The molecule has 0 radical (unpaired) electrons. The molecule has 0 aliphatic heterocycles. The van der Waals surface area contributed by atoms with Crippen molar-refractivity contribution in [3.63, 3.8) is 0 Å². The van der Waals surface area contributed by atoms with E-state index in [9.17, 15) is 4.39 Å². The van der Waals surface area contributed by atoms with E-state index < -0.39 is 5.82 Å². The van der Waals surface area contributed by atoms with Crippen LogP contribution in [0.3, 0.4) is 0 Å². The van der Waals surface area contributed by atoms with Gasteiger partial charge in [-0.15, -0.1) is 0 Å². The first-order chi connectivity index (χ1) is 6.66. The Kier molecular flexibility index (Phi) is 1.92. The SMILES string of the molecule is Cc1noc(-c2ccc(O)cc2F)n1. The molecule has 72 valence electrons. The molecule has 0 aliphatic carbocycles. The molecule has 4 nitrogen and oxygen atoms in total. The summed E-state index contributed by atoms with van der Waals surface area (Å²) in [4.78, 5) is 3.87. The Morgan fingerprint density at radius 3 is 2.79 bits per heavy atom. The first kappa shape index (κ1) is 8.68. The molecule has 0 bridgehead atoms. The lowest BCUT2D eigenvalue weighted by atomic mass is 10.2. The van der Waals surface area contributed by atoms with E-state index in [1.165, 1.54) is 12.1 Å². The zero-order chi connectivity index (χ0) is 10.1. The van der Waals surface area contributed by atoms with Gasteiger partial charge >= 0.3 is 0 Å². The quantitative estimate of drug-likeness (QED) is 0.753. The third-order valence-electron chi connectivity index (χ3n) is 1.71. The summed E-state index contributed by atoms with van der Waals surface area (Å²) in [5, 5.41) is 12.5. The molecule has 0 atom stereocenters. The van der Waals surface area contributed by atoms with Crippen molar-refractivity contribution in [3.05, 3.63) is 29.8 Å². The Labute approximate surface area is 79.0 Å². The molecule has 0 amide bonds. The zero-order valence-electron chi connectivity index (χ0n) is 7.36. The second-order valence-electron chi connectivity index (χ2n) is 2.81. The average Bonchev–Trinajstić information content (AvgIpc) is 2.51. The van der Waals surface area contributed by atoms with Gasteiger partial charge in [-0.2, -0.15) is 4.98 Å². The summed E-state index contributed by atoms with van der Waals surface area (Å²) in [6.07, 6.45) is 0. The highest BCUT2D eigenvalue weighted by Crippen LogP contribution is 2.23. The van der Waals surface area contributed by atoms with Crippen LogP contribution >= 0.6 is 0 Å². The van der Waals surface area contributed by atoms with Crippen LogP contribution in [0.2, 0.25) is 0 Å². The number of halogens is 1. The fraction of sp³-hybridized carbons (Fsp3) is 0.111. The summed E-state index contributed by atoms with van der Waals surface area (Å²) in [7, 11) is 0. The van der Waals surface area contributed by atoms with Gasteiger partial charge in [0.25, 0.3) is 5.89 Å². The van der Waals surface area contributed by atoms with Crippen LogP contribution < -0.4 is 0 Å². The highest BCUT2D eigenvalue weighted by molar-refractivity contribution is 5.55. The number of aryl methyl sites for hydroxylation is 1. The maximum Gasteiger partial charge on any atom is 0.260 e. The molecule has 1 aromatic heterocycles. The molecule has 1 aromatic carbocycles. The van der Waals surface area contributed by atoms with E-state index in [2.05, 4.69) is 10.1 Å². The molecule has 2 rings (SSSR count). The van der Waals surface area contributed by atoms with Gasteiger partial charge in [-0.1, -0.05) is 5.16 Å². The molecule has 5 heteroatoms. The minimum absolute atomic E-state index is 0.111. The number of hydrogen-bond acceptors (Lipinski definition) is 4. The van der Waals surface area contributed by atoms with Gasteiger partial charge in [0.2, 0.25) is 0 Å². The predicted octanol–water partition coefficient (Wildman–Crippen LogP) is 1.89. The molecule has 0 unspecified atom stereocenters. The number of aromatic hydroxyl groups is 1. The fourth-order valence-corrected chi connectivity index (χ4v) is 1.08. The van der Waals surface area contributed by atoms with Gasteiger partial charge in [0.05, 0.1) is 5.56 Å². The van der Waals surface area contributed by atoms with Gasteiger partial charge in [0.15, 0.2) is 5.82 Å². The summed E-state index contributed by atoms with van der Waals surface area (Å²) >= 11 is 0. The third-order valence-corrected chi connectivity index (χ3v) is 1.71. The minimum atomic E-state index is -0.589. The van der Waals surface area contributed by atoms with E-state index in [0.717, 1.165) is 6.07 Å². The van der Waals surface area contributed by atoms with Crippen molar-refractivity contribution in [2.75, 3.05) is 0 Å². The van der Waals surface area contributed by atoms with E-state index in [4.69, 9.17) is 9.63 Å². The van der Waals surface area contributed by atoms with Crippen LogP contribution in [-0.2, 0) is 0 Å². The predicted molar refractivity (Wildman–Crippen MR) is 46.1 cm³/mol. The van der Waals surface area contributed by atoms with Crippen LogP contribution in [0.1, 0.15) is 5.82 Å². The van der Waals surface area contributed by atoms with Gasteiger partial charge in [-0.3, -0.25) is 0 Å². The summed E-state index contributed by atoms with van der Waals surface area (Å²) in [6, 6.07) is 3.74. The van der Waals surface area contributed by atoms with Crippen LogP contribution in [0, 0.1) is 12.7 Å². The molecular formula is C9H7FN2O2. The fourth-order valence-electron chi connectivity index (χ4n) is 1.08. The number of rotatable bonds is 1. The Balaban J connectivity index is 2.52. The van der Waals surface area contributed by atoms with Crippen molar-refractivity contribution in [2.45, 2.75) is 6.92 Å². The maximum atomic E-state index is 13.3. The molecule has 0 saturated heterocycles. The highest BCUT2D eigenvalue weighted by atomic mass is 19.1. The number of benzene rings is 1. The molecule has 0 saturated carbocycles. The first-order valence-corrected chi connectivity index (χ1v) is 3.96. The lowest BCUT2D eigenvalue weighted by Gasteiger charge is -1.96. The highest BCUT2D eigenvalue weighted by Gasteiger charge is 2.11. The van der Waals surface area contributed by atoms with Gasteiger partial charge in [-0.05, 0) is 19.1 Å². The topological polar surface area (TPSA) is 59.2 Å². The molecule has 0 fully saturated rings. The first-order valence-electron chi connectivity index (χ1n) is 3.96. The van der Waals surface area contributed by atoms with Crippen molar-refractivity contribution in [2.24, 2.45) is 0 Å². The van der Waals surface area contributed by atoms with Crippen LogP contribution in [0.15, 0.2) is 22.7 Å². The molecule has 0 aliphatic rings. The van der Waals surface area contributed by atoms with Gasteiger partial charge < -0.3 is 9.63 Å². The number of nitrogens with zero attached hydrogens (tertiary/aromatic N) is 2. The summed E-state index contributed by atoms with van der Waals surface area (Å²) in [6.45, 7) is 1.64. The van der Waals surface area contributed by atoms with E-state index >= 15 is 0 Å². The van der Waals surface area contributed by atoms with Gasteiger partial charge in [-0.25, -0.2) is 4.39 Å². The van der Waals surface area contributed by atoms with E-state index in [1.807, 2.05) is 0 Å². The van der Waals surface area contributed by atoms with Crippen molar-refractivity contribution in [3.8, 4) is 17.2 Å². The van der Waals surface area contributed by atoms with Crippen molar-refractivity contribution < 1.29 is 14.0 Å². The molecule has 1 N–H and O–H groups in total. The lowest BCUT2D eigenvalue weighted by molar-refractivity contribution is 0.422. The van der Waals surface area contributed by atoms with Crippen LogP contribution in [0.25, 0.3) is 11.5 Å². The van der Waals surface area contributed by atoms with Gasteiger partial charge in [0, 0.05) is 6.07 Å². The summed E-state index contributed by atoms with van der Waals surface area (Å²) in [5.74, 6) is -0.177.